The first kappa shape index (κ1) is 11.3. The van der Waals surface area contributed by atoms with Crippen LogP contribution in [0.1, 0.15) is 22.8 Å². The number of carbonyl (C=O) groups excluding carboxylic acids is 1. The number of anilines is 1. The zero-order valence-electron chi connectivity index (χ0n) is 9.97. The molecule has 1 aromatic heterocycles. The second-order valence-electron chi connectivity index (χ2n) is 4.28. The van der Waals surface area contributed by atoms with Gasteiger partial charge in [-0.05, 0) is 29.1 Å². The summed E-state index contributed by atoms with van der Waals surface area (Å²) in [7, 11) is 1.66. The molecule has 4 heteroatoms. The fourth-order valence-corrected chi connectivity index (χ4v) is 3.28. The van der Waals surface area contributed by atoms with E-state index in [0.29, 0.717) is 6.42 Å². The molecular weight excluding hydrogens is 246 g/mol. The number of rotatable bonds is 2. The van der Waals surface area contributed by atoms with Gasteiger partial charge in [0.2, 0.25) is 5.91 Å². The first-order valence-corrected chi connectivity index (χ1v) is 6.67. The zero-order valence-corrected chi connectivity index (χ0v) is 10.8. The molecule has 2 aromatic rings. The Balaban J connectivity index is 2.04. The van der Waals surface area contributed by atoms with E-state index in [2.05, 4.69) is 11.4 Å². The predicted octanol–water partition coefficient (Wildman–Crippen LogP) is 3.23. The van der Waals surface area contributed by atoms with E-state index in [0.717, 1.165) is 17.0 Å². The van der Waals surface area contributed by atoms with Gasteiger partial charge in [-0.25, -0.2) is 0 Å². The standard InChI is InChI=1S/C14H13NO2S/c1-17-10-4-2-3-9(7-10)11-8-13(16)15-12-5-6-18-14(11)12/h2-7,11H,8H2,1H3,(H,15,16)/t11-/m1/s1. The predicted molar refractivity (Wildman–Crippen MR) is 72.4 cm³/mol. The third-order valence-electron chi connectivity index (χ3n) is 3.17. The monoisotopic (exact) mass is 259 g/mol. The van der Waals surface area contributed by atoms with Gasteiger partial charge in [0, 0.05) is 17.2 Å². The maximum absolute atomic E-state index is 11.7. The average molecular weight is 259 g/mol. The second kappa shape index (κ2) is 4.46. The van der Waals surface area contributed by atoms with Crippen molar-refractivity contribution in [2.45, 2.75) is 12.3 Å². The van der Waals surface area contributed by atoms with Crippen LogP contribution >= 0.6 is 11.3 Å². The zero-order chi connectivity index (χ0) is 12.5. The molecule has 0 aliphatic carbocycles. The number of ether oxygens (including phenoxy) is 1. The third-order valence-corrected chi connectivity index (χ3v) is 4.20. The number of carbonyl (C=O) groups is 1. The molecule has 1 amide bonds. The van der Waals surface area contributed by atoms with Crippen LogP contribution in [0.25, 0.3) is 0 Å². The lowest BCUT2D eigenvalue weighted by Gasteiger charge is -2.23. The minimum absolute atomic E-state index is 0.0775. The molecule has 0 radical (unpaired) electrons. The van der Waals surface area contributed by atoms with E-state index in [1.54, 1.807) is 18.4 Å². The summed E-state index contributed by atoms with van der Waals surface area (Å²) in [5.41, 5.74) is 2.08. The van der Waals surface area contributed by atoms with E-state index in [1.165, 1.54) is 4.88 Å². The van der Waals surface area contributed by atoms with Crippen molar-refractivity contribution in [3.63, 3.8) is 0 Å². The Morgan fingerprint density at radius 1 is 1.39 bits per heavy atom. The highest BCUT2D eigenvalue weighted by Gasteiger charge is 2.27. The second-order valence-corrected chi connectivity index (χ2v) is 5.23. The minimum atomic E-state index is 0.0775. The number of fused-ring (bicyclic) bond motifs is 1. The van der Waals surface area contributed by atoms with Gasteiger partial charge in [0.15, 0.2) is 0 Å². The molecule has 92 valence electrons. The maximum Gasteiger partial charge on any atom is 0.225 e. The fraction of sp³-hybridized carbons (Fsp3) is 0.214. The quantitative estimate of drug-likeness (QED) is 0.899. The van der Waals surface area contributed by atoms with Gasteiger partial charge in [-0.3, -0.25) is 4.79 Å². The SMILES string of the molecule is COc1cccc([C@H]2CC(=O)Nc3ccsc32)c1. The van der Waals surface area contributed by atoms with Crippen LogP contribution in [0.4, 0.5) is 5.69 Å². The number of nitrogens with one attached hydrogen (secondary N) is 1. The lowest BCUT2D eigenvalue weighted by Crippen LogP contribution is -2.21. The molecule has 0 unspecified atom stereocenters. The molecule has 1 aliphatic rings. The largest absolute Gasteiger partial charge is 0.497 e. The maximum atomic E-state index is 11.7. The molecule has 1 aliphatic heterocycles. The van der Waals surface area contributed by atoms with Gasteiger partial charge in [-0.2, -0.15) is 0 Å². The minimum Gasteiger partial charge on any atom is -0.497 e. The molecule has 18 heavy (non-hydrogen) atoms. The molecule has 0 saturated carbocycles. The van der Waals surface area contributed by atoms with E-state index in [-0.39, 0.29) is 11.8 Å². The van der Waals surface area contributed by atoms with Crippen LogP contribution in [-0.2, 0) is 4.79 Å². The van der Waals surface area contributed by atoms with Crippen LogP contribution in [0.5, 0.6) is 5.75 Å². The molecule has 2 heterocycles. The van der Waals surface area contributed by atoms with Crippen LogP contribution in [0.2, 0.25) is 0 Å². The van der Waals surface area contributed by atoms with E-state index in [4.69, 9.17) is 4.74 Å². The molecule has 1 atom stereocenters. The van der Waals surface area contributed by atoms with E-state index < -0.39 is 0 Å². The Hall–Kier alpha value is -1.81. The summed E-state index contributed by atoms with van der Waals surface area (Å²) >= 11 is 1.69. The highest BCUT2D eigenvalue weighted by molar-refractivity contribution is 7.10. The van der Waals surface area contributed by atoms with E-state index in [9.17, 15) is 4.79 Å². The summed E-state index contributed by atoms with van der Waals surface area (Å²) in [6.07, 6.45) is 0.501. The number of hydrogen-bond acceptors (Lipinski definition) is 3. The van der Waals surface area contributed by atoms with Crippen LogP contribution < -0.4 is 10.1 Å². The smallest absolute Gasteiger partial charge is 0.225 e. The highest BCUT2D eigenvalue weighted by Crippen LogP contribution is 2.41. The Labute approximate surface area is 109 Å². The molecule has 0 bridgehead atoms. The van der Waals surface area contributed by atoms with Gasteiger partial charge in [0.1, 0.15) is 5.75 Å². The van der Waals surface area contributed by atoms with Gasteiger partial charge in [-0.15, -0.1) is 11.3 Å². The molecular formula is C14H13NO2S. The van der Waals surface area contributed by atoms with Crippen molar-refractivity contribution < 1.29 is 9.53 Å². The molecule has 0 saturated heterocycles. The molecule has 1 N–H and O–H groups in total. The van der Waals surface area contributed by atoms with Crippen molar-refractivity contribution >= 4 is 22.9 Å². The van der Waals surface area contributed by atoms with Crippen molar-refractivity contribution in [2.75, 3.05) is 12.4 Å². The Bertz CT molecular complexity index is 591. The summed E-state index contributed by atoms with van der Waals surface area (Å²) in [5.74, 6) is 1.05. The summed E-state index contributed by atoms with van der Waals surface area (Å²) < 4.78 is 5.24. The topological polar surface area (TPSA) is 38.3 Å². The average Bonchev–Trinajstić information content (AvgIpc) is 2.85. The van der Waals surface area contributed by atoms with E-state index >= 15 is 0 Å². The summed E-state index contributed by atoms with van der Waals surface area (Å²) in [6, 6.07) is 9.90. The van der Waals surface area contributed by atoms with Gasteiger partial charge >= 0.3 is 0 Å². The van der Waals surface area contributed by atoms with Gasteiger partial charge in [0.05, 0.1) is 12.8 Å². The van der Waals surface area contributed by atoms with Gasteiger partial charge in [-0.1, -0.05) is 12.1 Å². The molecule has 1 aromatic carbocycles. The van der Waals surface area contributed by atoms with Crippen LogP contribution in [0, 0.1) is 0 Å². The van der Waals surface area contributed by atoms with Gasteiger partial charge < -0.3 is 10.1 Å². The van der Waals surface area contributed by atoms with Crippen LogP contribution in [0.3, 0.4) is 0 Å². The first-order chi connectivity index (χ1) is 8.78. The Kier molecular flexibility index (Phi) is 2.80. The summed E-state index contributed by atoms with van der Waals surface area (Å²) in [4.78, 5) is 12.9. The van der Waals surface area contributed by atoms with Crippen LogP contribution in [0.15, 0.2) is 35.7 Å². The van der Waals surface area contributed by atoms with Crippen molar-refractivity contribution in [3.05, 3.63) is 46.2 Å². The molecule has 3 nitrogen and oxygen atoms in total. The Morgan fingerprint density at radius 3 is 3.11 bits per heavy atom. The van der Waals surface area contributed by atoms with Crippen molar-refractivity contribution in [1.29, 1.82) is 0 Å². The molecule has 3 rings (SSSR count). The number of methoxy groups -OCH3 is 1. The highest BCUT2D eigenvalue weighted by atomic mass is 32.1. The fourth-order valence-electron chi connectivity index (χ4n) is 2.30. The van der Waals surface area contributed by atoms with Crippen molar-refractivity contribution in [1.82, 2.24) is 0 Å². The van der Waals surface area contributed by atoms with E-state index in [1.807, 2.05) is 29.6 Å². The lowest BCUT2D eigenvalue weighted by atomic mass is 9.90. The summed E-state index contributed by atoms with van der Waals surface area (Å²) in [6.45, 7) is 0. The summed E-state index contributed by atoms with van der Waals surface area (Å²) in [5, 5.41) is 4.93. The normalized spacial score (nSPS) is 18.1. The molecule has 0 fully saturated rings. The molecule has 0 spiro atoms. The Morgan fingerprint density at radius 2 is 2.28 bits per heavy atom. The third kappa shape index (κ3) is 1.88. The number of benzene rings is 1. The number of hydrogen-bond donors (Lipinski definition) is 1. The van der Waals surface area contributed by atoms with Gasteiger partial charge in [0.25, 0.3) is 0 Å². The number of thiophene rings is 1. The lowest BCUT2D eigenvalue weighted by molar-refractivity contribution is -0.116. The number of amides is 1. The first-order valence-electron chi connectivity index (χ1n) is 5.79. The van der Waals surface area contributed by atoms with Crippen LogP contribution in [-0.4, -0.2) is 13.0 Å². The van der Waals surface area contributed by atoms with Crippen molar-refractivity contribution in [3.8, 4) is 5.75 Å². The van der Waals surface area contributed by atoms with Crippen molar-refractivity contribution in [2.24, 2.45) is 0 Å².